The number of carbonyl (C=O) groups excluding carboxylic acids is 1. The van der Waals surface area contributed by atoms with E-state index in [1.807, 2.05) is 9.80 Å². The van der Waals surface area contributed by atoms with Crippen LogP contribution in [0.2, 0.25) is 0 Å². The molecule has 3 aliphatic rings. The van der Waals surface area contributed by atoms with Crippen LogP contribution in [0.4, 0.5) is 4.79 Å². The molecular weight excluding hydrogens is 296 g/mol. The summed E-state index contributed by atoms with van der Waals surface area (Å²) in [6.07, 6.45) is 5.32. The number of ether oxygens (including phenoxy) is 1. The third kappa shape index (κ3) is 3.49. The average Bonchev–Trinajstić information content (AvgIpc) is 3.35. The molecule has 23 heavy (non-hydrogen) atoms. The second-order valence-corrected chi connectivity index (χ2v) is 6.86. The number of likely N-dealkylation sites (tertiary alicyclic amines) is 1. The van der Waals surface area contributed by atoms with E-state index in [0.29, 0.717) is 38.1 Å². The van der Waals surface area contributed by atoms with Gasteiger partial charge in [-0.1, -0.05) is 5.16 Å². The Morgan fingerprint density at radius 1 is 1.13 bits per heavy atom. The zero-order chi connectivity index (χ0) is 15.6. The van der Waals surface area contributed by atoms with Gasteiger partial charge in [-0.05, 0) is 31.6 Å². The highest BCUT2D eigenvalue weighted by molar-refractivity contribution is 5.74. The fourth-order valence-corrected chi connectivity index (χ4v) is 3.47. The van der Waals surface area contributed by atoms with Gasteiger partial charge in [0.05, 0.1) is 13.2 Å². The predicted octanol–water partition coefficient (Wildman–Crippen LogP) is 1.65. The van der Waals surface area contributed by atoms with Crippen molar-refractivity contribution >= 4 is 6.03 Å². The summed E-state index contributed by atoms with van der Waals surface area (Å²) in [6, 6.07) is 0.155. The second-order valence-electron chi connectivity index (χ2n) is 6.86. The van der Waals surface area contributed by atoms with Crippen molar-refractivity contribution in [3.05, 3.63) is 11.7 Å². The maximum atomic E-state index is 12.6. The van der Waals surface area contributed by atoms with E-state index in [1.165, 1.54) is 12.8 Å². The number of hydrogen-bond donors (Lipinski definition) is 0. The first-order valence-electron chi connectivity index (χ1n) is 8.73. The van der Waals surface area contributed by atoms with Crippen LogP contribution in [0, 0.1) is 5.92 Å². The van der Waals surface area contributed by atoms with Crippen LogP contribution in [0.3, 0.4) is 0 Å². The molecule has 3 heterocycles. The zero-order valence-electron chi connectivity index (χ0n) is 13.4. The average molecular weight is 320 g/mol. The predicted molar refractivity (Wildman–Crippen MR) is 82.1 cm³/mol. The first-order valence-corrected chi connectivity index (χ1v) is 8.73. The Hall–Kier alpha value is -1.63. The zero-order valence-corrected chi connectivity index (χ0v) is 13.4. The van der Waals surface area contributed by atoms with Crippen LogP contribution in [0.1, 0.15) is 43.3 Å². The molecule has 0 aromatic carbocycles. The van der Waals surface area contributed by atoms with Crippen LogP contribution >= 0.6 is 0 Å². The highest BCUT2D eigenvalue weighted by Gasteiger charge is 2.31. The van der Waals surface area contributed by atoms with E-state index in [4.69, 9.17) is 9.26 Å². The molecule has 1 aromatic rings. The van der Waals surface area contributed by atoms with E-state index >= 15 is 0 Å². The second kappa shape index (κ2) is 6.47. The molecule has 1 aliphatic carbocycles. The number of morpholine rings is 1. The molecule has 0 spiro atoms. The first-order chi connectivity index (χ1) is 11.3. The van der Waals surface area contributed by atoms with Crippen molar-refractivity contribution < 1.29 is 14.1 Å². The van der Waals surface area contributed by atoms with Crippen molar-refractivity contribution in [2.24, 2.45) is 5.92 Å². The van der Waals surface area contributed by atoms with Gasteiger partial charge < -0.3 is 19.1 Å². The molecular formula is C16H24N4O3. The van der Waals surface area contributed by atoms with Gasteiger partial charge in [-0.2, -0.15) is 4.98 Å². The molecule has 1 aromatic heterocycles. The molecule has 126 valence electrons. The SMILES string of the molecule is O=C(N1CCOCC1)N1CCC[C@@H](Cc2nc(C3CC3)no2)C1. The summed E-state index contributed by atoms with van der Waals surface area (Å²) < 4.78 is 10.7. The van der Waals surface area contributed by atoms with Crippen molar-refractivity contribution in [2.45, 2.75) is 38.0 Å². The largest absolute Gasteiger partial charge is 0.378 e. The third-order valence-corrected chi connectivity index (χ3v) is 4.96. The fourth-order valence-electron chi connectivity index (χ4n) is 3.47. The van der Waals surface area contributed by atoms with Crippen LogP contribution in [0.15, 0.2) is 4.52 Å². The molecule has 3 fully saturated rings. The van der Waals surface area contributed by atoms with Gasteiger partial charge in [0, 0.05) is 38.5 Å². The topological polar surface area (TPSA) is 71.7 Å². The summed E-state index contributed by atoms with van der Waals surface area (Å²) in [5.41, 5.74) is 0. The van der Waals surface area contributed by atoms with Gasteiger partial charge in [0.1, 0.15) is 0 Å². The van der Waals surface area contributed by atoms with Crippen LogP contribution in [0.25, 0.3) is 0 Å². The minimum atomic E-state index is 0.155. The molecule has 7 heteroatoms. The highest BCUT2D eigenvalue weighted by atomic mass is 16.5. The fraction of sp³-hybridized carbons (Fsp3) is 0.812. The quantitative estimate of drug-likeness (QED) is 0.847. The summed E-state index contributed by atoms with van der Waals surface area (Å²) in [6.45, 7) is 4.34. The van der Waals surface area contributed by atoms with E-state index in [-0.39, 0.29) is 6.03 Å². The number of carbonyl (C=O) groups is 1. The molecule has 1 saturated carbocycles. The number of nitrogens with zero attached hydrogens (tertiary/aromatic N) is 4. The Morgan fingerprint density at radius 3 is 2.74 bits per heavy atom. The number of rotatable bonds is 3. The van der Waals surface area contributed by atoms with E-state index in [1.54, 1.807) is 0 Å². The van der Waals surface area contributed by atoms with Crippen LogP contribution in [-0.2, 0) is 11.2 Å². The Bertz CT molecular complexity index is 551. The van der Waals surface area contributed by atoms with E-state index in [9.17, 15) is 4.79 Å². The molecule has 0 bridgehead atoms. The van der Waals surface area contributed by atoms with Gasteiger partial charge in [0.15, 0.2) is 5.82 Å². The molecule has 2 aliphatic heterocycles. The van der Waals surface area contributed by atoms with Crippen LogP contribution < -0.4 is 0 Å². The van der Waals surface area contributed by atoms with Crippen LogP contribution in [0.5, 0.6) is 0 Å². The lowest BCUT2D eigenvalue weighted by Crippen LogP contribution is -2.51. The molecule has 0 N–H and O–H groups in total. The summed E-state index contributed by atoms with van der Waals surface area (Å²) in [4.78, 5) is 21.0. The lowest BCUT2D eigenvalue weighted by molar-refractivity contribution is 0.0389. The minimum Gasteiger partial charge on any atom is -0.378 e. The lowest BCUT2D eigenvalue weighted by Gasteiger charge is -2.37. The standard InChI is InChI=1S/C16H24N4O3/c21-16(19-6-8-22-9-7-19)20-5-1-2-12(11-20)10-14-17-15(18-23-14)13-3-4-13/h12-13H,1-11H2/t12-/m0/s1. The minimum absolute atomic E-state index is 0.155. The van der Waals surface area contributed by atoms with Crippen molar-refractivity contribution in [3.63, 3.8) is 0 Å². The number of hydrogen-bond acceptors (Lipinski definition) is 5. The van der Waals surface area contributed by atoms with Gasteiger partial charge in [-0.3, -0.25) is 0 Å². The number of urea groups is 1. The summed E-state index contributed by atoms with van der Waals surface area (Å²) in [7, 11) is 0. The number of aromatic nitrogens is 2. The molecule has 2 saturated heterocycles. The van der Waals surface area contributed by atoms with Crippen molar-refractivity contribution in [2.75, 3.05) is 39.4 Å². The third-order valence-electron chi connectivity index (χ3n) is 4.96. The molecule has 7 nitrogen and oxygen atoms in total. The van der Waals surface area contributed by atoms with Gasteiger partial charge >= 0.3 is 6.03 Å². The molecule has 0 radical (unpaired) electrons. The van der Waals surface area contributed by atoms with Gasteiger partial charge in [0.25, 0.3) is 0 Å². The van der Waals surface area contributed by atoms with Crippen molar-refractivity contribution in [3.8, 4) is 0 Å². The Kier molecular flexibility index (Phi) is 4.20. The van der Waals surface area contributed by atoms with Crippen molar-refractivity contribution in [1.29, 1.82) is 0 Å². The number of piperidine rings is 1. The van der Waals surface area contributed by atoms with Crippen molar-refractivity contribution in [1.82, 2.24) is 19.9 Å². The first kappa shape index (κ1) is 14.9. The van der Waals surface area contributed by atoms with Gasteiger partial charge in [-0.25, -0.2) is 4.79 Å². The molecule has 4 rings (SSSR count). The van der Waals surface area contributed by atoms with E-state index in [0.717, 1.165) is 44.1 Å². The maximum Gasteiger partial charge on any atom is 0.320 e. The smallest absolute Gasteiger partial charge is 0.320 e. The summed E-state index contributed by atoms with van der Waals surface area (Å²) >= 11 is 0. The summed E-state index contributed by atoms with van der Waals surface area (Å²) in [5.74, 6) is 2.55. The Labute approximate surface area is 136 Å². The van der Waals surface area contributed by atoms with Crippen LogP contribution in [-0.4, -0.2) is 65.4 Å². The molecule has 0 unspecified atom stereocenters. The Balaban J connectivity index is 1.33. The van der Waals surface area contributed by atoms with E-state index < -0.39 is 0 Å². The number of amides is 2. The van der Waals surface area contributed by atoms with E-state index in [2.05, 4.69) is 10.1 Å². The lowest BCUT2D eigenvalue weighted by atomic mass is 9.95. The molecule has 2 amide bonds. The monoisotopic (exact) mass is 320 g/mol. The maximum absolute atomic E-state index is 12.6. The summed E-state index contributed by atoms with van der Waals surface area (Å²) in [5, 5.41) is 4.08. The normalized spacial score (nSPS) is 25.7. The van der Waals surface area contributed by atoms with Gasteiger partial charge in [0.2, 0.25) is 5.89 Å². The Morgan fingerprint density at radius 2 is 1.96 bits per heavy atom. The highest BCUT2D eigenvalue weighted by Crippen LogP contribution is 2.38. The molecule has 1 atom stereocenters. The van der Waals surface area contributed by atoms with Gasteiger partial charge in [-0.15, -0.1) is 0 Å².